The molecule has 0 fully saturated rings. The molecule has 0 saturated carbocycles. The van der Waals surface area contributed by atoms with Crippen LogP contribution >= 0.6 is 0 Å². The number of furan rings is 1. The molecule has 1 heterocycles. The SMILES string of the molecule is CCOC(=O)c1ccc(S(=O)[O-])o1.[Na+]. The molecule has 0 aliphatic heterocycles. The molecular formula is C7H7NaO5S. The van der Waals surface area contributed by atoms with Crippen LogP contribution in [0.4, 0.5) is 0 Å². The zero-order valence-electron chi connectivity index (χ0n) is 7.81. The van der Waals surface area contributed by atoms with Crippen molar-refractivity contribution in [1.82, 2.24) is 0 Å². The maximum Gasteiger partial charge on any atom is 1.00 e. The first-order chi connectivity index (χ1) is 6.15. The molecule has 14 heavy (non-hydrogen) atoms. The monoisotopic (exact) mass is 226 g/mol. The van der Waals surface area contributed by atoms with E-state index in [4.69, 9.17) is 0 Å². The van der Waals surface area contributed by atoms with Gasteiger partial charge in [-0.1, -0.05) is 0 Å². The fourth-order valence-electron chi connectivity index (χ4n) is 0.722. The van der Waals surface area contributed by atoms with Crippen molar-refractivity contribution in [1.29, 1.82) is 0 Å². The molecule has 0 aliphatic rings. The molecule has 0 amide bonds. The van der Waals surface area contributed by atoms with Crippen LogP contribution in [0, 0.1) is 0 Å². The molecule has 0 spiro atoms. The largest absolute Gasteiger partial charge is 1.00 e. The number of carbonyl (C=O) groups excluding carboxylic acids is 1. The molecule has 0 radical (unpaired) electrons. The quantitative estimate of drug-likeness (QED) is 0.329. The fraction of sp³-hybridized carbons (Fsp3) is 0.286. The van der Waals surface area contributed by atoms with Crippen LogP contribution in [0.25, 0.3) is 0 Å². The summed E-state index contributed by atoms with van der Waals surface area (Å²) in [5, 5.41) is -0.275. The number of carbonyl (C=O) groups is 1. The van der Waals surface area contributed by atoms with Crippen LogP contribution in [0.2, 0.25) is 0 Å². The van der Waals surface area contributed by atoms with Gasteiger partial charge >= 0.3 is 35.5 Å². The van der Waals surface area contributed by atoms with Crippen LogP contribution in [-0.2, 0) is 15.8 Å². The van der Waals surface area contributed by atoms with Crippen LogP contribution in [0.15, 0.2) is 21.6 Å². The van der Waals surface area contributed by atoms with E-state index in [1.54, 1.807) is 6.92 Å². The topological polar surface area (TPSA) is 79.6 Å². The second-order valence-electron chi connectivity index (χ2n) is 2.07. The third-order valence-electron chi connectivity index (χ3n) is 1.22. The van der Waals surface area contributed by atoms with Crippen molar-refractivity contribution in [2.24, 2.45) is 0 Å². The number of esters is 1. The summed E-state index contributed by atoms with van der Waals surface area (Å²) < 4.78 is 30.0. The molecule has 0 aromatic carbocycles. The van der Waals surface area contributed by atoms with Gasteiger partial charge < -0.3 is 13.7 Å². The third-order valence-corrected chi connectivity index (χ3v) is 1.77. The first kappa shape index (κ1) is 13.9. The van der Waals surface area contributed by atoms with Crippen LogP contribution in [-0.4, -0.2) is 21.3 Å². The van der Waals surface area contributed by atoms with Crippen LogP contribution in [0.1, 0.15) is 17.5 Å². The first-order valence-corrected chi connectivity index (χ1v) is 4.59. The van der Waals surface area contributed by atoms with Gasteiger partial charge in [-0.3, -0.25) is 4.21 Å². The van der Waals surface area contributed by atoms with E-state index in [0.29, 0.717) is 0 Å². The van der Waals surface area contributed by atoms with Crippen LogP contribution < -0.4 is 29.6 Å². The standard InChI is InChI=1S/C7H8O5S.Na/c1-2-11-7(8)5-3-4-6(12-5)13(9)10;/h3-4H,2H2,1H3,(H,9,10);/q;+1/p-1. The van der Waals surface area contributed by atoms with E-state index in [-0.39, 0.29) is 47.0 Å². The van der Waals surface area contributed by atoms with Gasteiger partial charge in [-0.15, -0.1) is 0 Å². The molecule has 5 nitrogen and oxygen atoms in total. The molecule has 0 saturated heterocycles. The number of rotatable bonds is 3. The van der Waals surface area contributed by atoms with Gasteiger partial charge in [0.2, 0.25) is 5.76 Å². The number of hydrogen-bond acceptors (Lipinski definition) is 5. The van der Waals surface area contributed by atoms with Gasteiger partial charge in [0.25, 0.3) is 0 Å². The summed E-state index contributed by atoms with van der Waals surface area (Å²) in [7, 11) is 0. The molecular weight excluding hydrogens is 219 g/mol. The summed E-state index contributed by atoms with van der Waals surface area (Å²) in [6.07, 6.45) is 0. The molecule has 0 N–H and O–H groups in total. The van der Waals surface area contributed by atoms with Crippen molar-refractivity contribution in [2.45, 2.75) is 12.0 Å². The van der Waals surface area contributed by atoms with Gasteiger partial charge in [0.1, 0.15) is 0 Å². The van der Waals surface area contributed by atoms with Crippen molar-refractivity contribution < 1.29 is 52.3 Å². The minimum absolute atomic E-state index is 0. The number of ether oxygens (including phenoxy) is 1. The maximum atomic E-state index is 11.0. The second-order valence-corrected chi connectivity index (χ2v) is 2.95. The Balaban J connectivity index is 0.00000169. The van der Waals surface area contributed by atoms with E-state index >= 15 is 0 Å². The Morgan fingerprint density at radius 2 is 2.29 bits per heavy atom. The van der Waals surface area contributed by atoms with Crippen LogP contribution in [0.5, 0.6) is 0 Å². The van der Waals surface area contributed by atoms with E-state index in [1.165, 1.54) is 12.1 Å². The zero-order valence-corrected chi connectivity index (χ0v) is 10.6. The van der Waals surface area contributed by atoms with E-state index in [2.05, 4.69) is 9.15 Å². The van der Waals surface area contributed by atoms with E-state index < -0.39 is 17.0 Å². The minimum Gasteiger partial charge on any atom is -0.766 e. The summed E-state index contributed by atoms with van der Waals surface area (Å²) in [6.45, 7) is 1.86. The molecule has 1 aromatic heterocycles. The summed E-state index contributed by atoms with van der Waals surface area (Å²) >= 11 is -2.45. The molecule has 1 aromatic rings. The van der Waals surface area contributed by atoms with Crippen molar-refractivity contribution in [2.75, 3.05) is 6.61 Å². The fourth-order valence-corrected chi connectivity index (χ4v) is 1.06. The Hall–Kier alpha value is -0.140. The minimum atomic E-state index is -2.45. The summed E-state index contributed by atoms with van der Waals surface area (Å²) in [5.74, 6) is -0.778. The van der Waals surface area contributed by atoms with Gasteiger partial charge in [0.15, 0.2) is 5.09 Å². The molecule has 72 valence electrons. The van der Waals surface area contributed by atoms with E-state index in [1.807, 2.05) is 0 Å². The smallest absolute Gasteiger partial charge is 0.766 e. The molecule has 1 rings (SSSR count). The number of hydrogen-bond donors (Lipinski definition) is 0. The van der Waals surface area contributed by atoms with Gasteiger partial charge in [0.05, 0.1) is 6.61 Å². The second kappa shape index (κ2) is 6.36. The third kappa shape index (κ3) is 3.55. The average molecular weight is 226 g/mol. The van der Waals surface area contributed by atoms with Crippen molar-refractivity contribution in [3.8, 4) is 0 Å². The maximum absolute atomic E-state index is 11.0. The Labute approximate surface area is 105 Å². The van der Waals surface area contributed by atoms with Crippen molar-refractivity contribution in [3.63, 3.8) is 0 Å². The van der Waals surface area contributed by atoms with E-state index in [9.17, 15) is 13.6 Å². The summed E-state index contributed by atoms with van der Waals surface area (Å²) in [4.78, 5) is 11.0. The van der Waals surface area contributed by atoms with Crippen molar-refractivity contribution >= 4 is 17.0 Å². The molecule has 0 bridgehead atoms. The van der Waals surface area contributed by atoms with Gasteiger partial charge in [0, 0.05) is 11.1 Å². The first-order valence-electron chi connectivity index (χ1n) is 3.51. The Morgan fingerprint density at radius 3 is 2.71 bits per heavy atom. The molecule has 0 aliphatic carbocycles. The van der Waals surface area contributed by atoms with E-state index in [0.717, 1.165) is 0 Å². The summed E-state index contributed by atoms with van der Waals surface area (Å²) in [5.41, 5.74) is 0. The Bertz CT molecular complexity index is 335. The molecule has 1 atom stereocenters. The normalized spacial score (nSPS) is 11.6. The van der Waals surface area contributed by atoms with Gasteiger partial charge in [-0.2, -0.15) is 0 Å². The molecule has 7 heteroatoms. The van der Waals surface area contributed by atoms with Gasteiger partial charge in [-0.25, -0.2) is 4.79 Å². The summed E-state index contributed by atoms with van der Waals surface area (Å²) in [6, 6.07) is 2.44. The Kier molecular flexibility index (Phi) is 6.30. The van der Waals surface area contributed by atoms with Crippen LogP contribution in [0.3, 0.4) is 0 Å². The zero-order chi connectivity index (χ0) is 9.84. The predicted octanol–water partition coefficient (Wildman–Crippen LogP) is -2.30. The Morgan fingerprint density at radius 1 is 1.64 bits per heavy atom. The molecule has 1 unspecified atom stereocenters. The average Bonchev–Trinajstić information content (AvgIpc) is 2.52. The van der Waals surface area contributed by atoms with Crippen molar-refractivity contribution in [3.05, 3.63) is 17.9 Å². The predicted molar refractivity (Wildman–Crippen MR) is 41.9 cm³/mol. The van der Waals surface area contributed by atoms with Gasteiger partial charge in [-0.05, 0) is 19.1 Å².